The Balaban J connectivity index is 2.04. The number of benzene rings is 1. The monoisotopic (exact) mass is 345 g/mol. The molecule has 1 aromatic carbocycles. The molecule has 1 saturated heterocycles. The fourth-order valence-electron chi connectivity index (χ4n) is 2.75. The largest absolute Gasteiger partial charge is 0.405 e. The van der Waals surface area contributed by atoms with E-state index in [9.17, 15) is 18.0 Å². The van der Waals surface area contributed by atoms with Crippen molar-refractivity contribution >= 4 is 5.91 Å². The summed E-state index contributed by atoms with van der Waals surface area (Å²) in [7, 11) is 1.50. The molecule has 1 unspecified atom stereocenters. The molecule has 134 valence electrons. The van der Waals surface area contributed by atoms with Crippen molar-refractivity contribution in [1.82, 2.24) is 15.5 Å². The number of amides is 1. The molecule has 1 aliphatic heterocycles. The molecule has 0 bridgehead atoms. The van der Waals surface area contributed by atoms with E-state index in [0.717, 1.165) is 0 Å². The van der Waals surface area contributed by atoms with Crippen LogP contribution in [0.5, 0.6) is 0 Å². The molecule has 1 amide bonds. The van der Waals surface area contributed by atoms with Crippen molar-refractivity contribution in [2.45, 2.75) is 18.8 Å². The van der Waals surface area contributed by atoms with Crippen LogP contribution < -0.4 is 10.6 Å². The van der Waals surface area contributed by atoms with E-state index < -0.39 is 24.7 Å². The van der Waals surface area contributed by atoms with Crippen LogP contribution in [0.25, 0.3) is 0 Å². The molecule has 24 heavy (non-hydrogen) atoms. The number of carbonyl (C=O) groups is 1. The number of halogens is 3. The molecular weight excluding hydrogens is 323 g/mol. The predicted molar refractivity (Wildman–Crippen MR) is 83.8 cm³/mol. The Morgan fingerprint density at radius 1 is 1.33 bits per heavy atom. The van der Waals surface area contributed by atoms with Crippen LogP contribution in [-0.4, -0.2) is 62.9 Å². The quantitative estimate of drug-likeness (QED) is 0.818. The maximum Gasteiger partial charge on any atom is 0.405 e. The zero-order valence-electron chi connectivity index (χ0n) is 13.5. The SMILES string of the molecule is COCc1ccccc1C(=O)NCC(N1CCNCC1)C(F)(F)F. The Morgan fingerprint density at radius 2 is 2.00 bits per heavy atom. The smallest absolute Gasteiger partial charge is 0.380 e. The number of carbonyl (C=O) groups excluding carboxylic acids is 1. The summed E-state index contributed by atoms with van der Waals surface area (Å²) in [5.41, 5.74) is 0.976. The van der Waals surface area contributed by atoms with Crippen LogP contribution >= 0.6 is 0 Å². The molecule has 2 rings (SSSR count). The second-order valence-corrected chi connectivity index (χ2v) is 5.64. The van der Waals surface area contributed by atoms with Crippen molar-refractivity contribution in [2.75, 3.05) is 39.8 Å². The minimum Gasteiger partial charge on any atom is -0.380 e. The highest BCUT2D eigenvalue weighted by Gasteiger charge is 2.43. The number of hydrogen-bond acceptors (Lipinski definition) is 4. The highest BCUT2D eigenvalue weighted by molar-refractivity contribution is 5.95. The van der Waals surface area contributed by atoms with Crippen LogP contribution in [0.4, 0.5) is 13.2 Å². The van der Waals surface area contributed by atoms with Crippen molar-refractivity contribution in [1.29, 1.82) is 0 Å². The van der Waals surface area contributed by atoms with E-state index in [-0.39, 0.29) is 6.61 Å². The van der Waals surface area contributed by atoms with Crippen LogP contribution in [0.3, 0.4) is 0 Å². The maximum atomic E-state index is 13.3. The average molecular weight is 345 g/mol. The number of nitrogens with zero attached hydrogens (tertiary/aromatic N) is 1. The van der Waals surface area contributed by atoms with Gasteiger partial charge in [-0.15, -0.1) is 0 Å². The van der Waals surface area contributed by atoms with Gasteiger partial charge in [-0.2, -0.15) is 13.2 Å². The van der Waals surface area contributed by atoms with E-state index in [1.54, 1.807) is 24.3 Å². The van der Waals surface area contributed by atoms with E-state index in [0.29, 0.717) is 37.3 Å². The molecule has 1 atom stereocenters. The Bertz CT molecular complexity index is 546. The molecule has 0 radical (unpaired) electrons. The zero-order valence-corrected chi connectivity index (χ0v) is 13.5. The lowest BCUT2D eigenvalue weighted by atomic mass is 10.1. The van der Waals surface area contributed by atoms with Crippen LogP contribution in [0.1, 0.15) is 15.9 Å². The molecule has 5 nitrogen and oxygen atoms in total. The second-order valence-electron chi connectivity index (χ2n) is 5.64. The molecule has 8 heteroatoms. The van der Waals surface area contributed by atoms with Gasteiger partial charge in [-0.3, -0.25) is 9.69 Å². The van der Waals surface area contributed by atoms with Gasteiger partial charge in [0, 0.05) is 45.4 Å². The zero-order chi connectivity index (χ0) is 17.6. The molecular formula is C16H22F3N3O2. The first-order valence-electron chi connectivity index (χ1n) is 7.80. The van der Waals surface area contributed by atoms with E-state index in [1.807, 2.05) is 0 Å². The number of nitrogens with one attached hydrogen (secondary N) is 2. The lowest BCUT2D eigenvalue weighted by molar-refractivity contribution is -0.183. The molecule has 1 aliphatic rings. The molecule has 0 saturated carbocycles. The van der Waals surface area contributed by atoms with E-state index in [1.165, 1.54) is 12.0 Å². The van der Waals surface area contributed by atoms with Gasteiger partial charge in [-0.25, -0.2) is 0 Å². The normalized spacial score (nSPS) is 17.5. The molecule has 1 heterocycles. The predicted octanol–water partition coefficient (Wildman–Crippen LogP) is 1.40. The second kappa shape index (κ2) is 8.46. The van der Waals surface area contributed by atoms with Gasteiger partial charge in [-0.05, 0) is 11.6 Å². The van der Waals surface area contributed by atoms with Crippen LogP contribution in [0.15, 0.2) is 24.3 Å². The Kier molecular flexibility index (Phi) is 6.59. The minimum atomic E-state index is -4.39. The maximum absolute atomic E-state index is 13.3. The van der Waals surface area contributed by atoms with E-state index >= 15 is 0 Å². The number of ether oxygens (including phenoxy) is 1. The van der Waals surface area contributed by atoms with Crippen molar-refractivity contribution in [2.24, 2.45) is 0 Å². The summed E-state index contributed by atoms with van der Waals surface area (Å²) >= 11 is 0. The molecule has 1 aromatic rings. The Labute approximate surface area is 139 Å². The number of alkyl halides is 3. The lowest BCUT2D eigenvalue weighted by Crippen LogP contribution is -2.57. The van der Waals surface area contributed by atoms with E-state index in [2.05, 4.69) is 10.6 Å². The first-order valence-corrected chi connectivity index (χ1v) is 7.80. The highest BCUT2D eigenvalue weighted by Crippen LogP contribution is 2.25. The molecule has 0 aromatic heterocycles. The Morgan fingerprint density at radius 3 is 2.62 bits per heavy atom. The van der Waals surface area contributed by atoms with Crippen LogP contribution in [0.2, 0.25) is 0 Å². The molecule has 0 aliphatic carbocycles. The van der Waals surface area contributed by atoms with Crippen molar-refractivity contribution in [3.05, 3.63) is 35.4 Å². The molecule has 2 N–H and O–H groups in total. The summed E-state index contributed by atoms with van der Waals surface area (Å²) in [6.45, 7) is 1.39. The average Bonchev–Trinajstić information content (AvgIpc) is 2.55. The number of rotatable bonds is 6. The van der Waals surface area contributed by atoms with Gasteiger partial charge in [0.1, 0.15) is 6.04 Å². The van der Waals surface area contributed by atoms with Crippen LogP contribution in [-0.2, 0) is 11.3 Å². The Hall–Kier alpha value is -1.64. The molecule has 1 fully saturated rings. The fraction of sp³-hybridized carbons (Fsp3) is 0.562. The third kappa shape index (κ3) is 4.93. The summed E-state index contributed by atoms with van der Waals surface area (Å²) in [4.78, 5) is 13.6. The fourth-order valence-corrected chi connectivity index (χ4v) is 2.75. The third-order valence-corrected chi connectivity index (χ3v) is 3.99. The van der Waals surface area contributed by atoms with Gasteiger partial charge in [-0.1, -0.05) is 18.2 Å². The first kappa shape index (κ1) is 18.7. The van der Waals surface area contributed by atoms with Gasteiger partial charge in [0.25, 0.3) is 5.91 Å². The van der Waals surface area contributed by atoms with Crippen molar-refractivity contribution < 1.29 is 22.7 Å². The first-order chi connectivity index (χ1) is 11.4. The number of methoxy groups -OCH3 is 1. The standard InChI is InChI=1S/C16H22F3N3O2/c1-24-11-12-4-2-3-5-13(12)15(23)21-10-14(16(17,18)19)22-8-6-20-7-9-22/h2-5,14,20H,6-11H2,1H3,(H,21,23). The third-order valence-electron chi connectivity index (χ3n) is 3.99. The summed E-state index contributed by atoms with van der Waals surface area (Å²) in [5.74, 6) is -0.521. The van der Waals surface area contributed by atoms with Gasteiger partial charge < -0.3 is 15.4 Å². The number of hydrogen-bond donors (Lipinski definition) is 2. The van der Waals surface area contributed by atoms with Crippen molar-refractivity contribution in [3.8, 4) is 0 Å². The summed E-state index contributed by atoms with van der Waals surface area (Å²) < 4.78 is 45.0. The topological polar surface area (TPSA) is 53.6 Å². The summed E-state index contributed by atoms with van der Waals surface area (Å²) in [5, 5.41) is 5.45. The molecule has 0 spiro atoms. The summed E-state index contributed by atoms with van der Waals surface area (Å²) in [6.07, 6.45) is -4.39. The van der Waals surface area contributed by atoms with E-state index in [4.69, 9.17) is 4.74 Å². The summed E-state index contributed by atoms with van der Waals surface area (Å²) in [6, 6.07) is 5.04. The van der Waals surface area contributed by atoms with Gasteiger partial charge >= 0.3 is 6.18 Å². The van der Waals surface area contributed by atoms with Gasteiger partial charge in [0.2, 0.25) is 0 Å². The van der Waals surface area contributed by atoms with Crippen molar-refractivity contribution in [3.63, 3.8) is 0 Å². The minimum absolute atomic E-state index is 0.226. The lowest BCUT2D eigenvalue weighted by Gasteiger charge is -2.35. The highest BCUT2D eigenvalue weighted by atomic mass is 19.4. The van der Waals surface area contributed by atoms with Crippen LogP contribution in [0, 0.1) is 0 Å². The van der Waals surface area contributed by atoms with Gasteiger partial charge in [0.05, 0.1) is 6.61 Å². The number of piperazine rings is 1. The van der Waals surface area contributed by atoms with Gasteiger partial charge in [0.15, 0.2) is 0 Å².